The lowest BCUT2D eigenvalue weighted by molar-refractivity contribution is 0.0701. The van der Waals surface area contributed by atoms with E-state index < -0.39 is 17.9 Å². The van der Waals surface area contributed by atoms with E-state index in [0.717, 1.165) is 22.3 Å². The fourth-order valence-corrected chi connectivity index (χ4v) is 3.74. The van der Waals surface area contributed by atoms with Crippen molar-refractivity contribution in [1.82, 2.24) is 0 Å². The summed E-state index contributed by atoms with van der Waals surface area (Å²) in [5.74, 6) is 0. The Bertz CT molecular complexity index is 806. The molecular formula is C24H30O5. The topological polar surface area (TPSA) is 76.0 Å². The Morgan fingerprint density at radius 3 is 1.48 bits per heavy atom. The number of aliphatic hydroxyl groups is 2. The quantitative estimate of drug-likeness (QED) is 0.719. The molecule has 1 unspecified atom stereocenters. The van der Waals surface area contributed by atoms with E-state index in [-0.39, 0.29) is 24.0 Å². The lowest BCUT2D eigenvalue weighted by Gasteiger charge is -2.32. The summed E-state index contributed by atoms with van der Waals surface area (Å²) in [4.78, 5) is 12.1. The first-order valence-electron chi connectivity index (χ1n) is 9.90. The molecular weight excluding hydrogens is 368 g/mol. The maximum atomic E-state index is 12.1. The maximum Gasteiger partial charge on any atom is 0.510 e. The van der Waals surface area contributed by atoms with Crippen LogP contribution in [0.1, 0.15) is 56.9 Å². The Morgan fingerprint density at radius 2 is 1.21 bits per heavy atom. The number of ether oxygens (including phenoxy) is 2. The molecule has 0 aromatic heterocycles. The van der Waals surface area contributed by atoms with Gasteiger partial charge in [-0.05, 0) is 18.1 Å². The van der Waals surface area contributed by atoms with Crippen LogP contribution in [0.25, 0.3) is 0 Å². The summed E-state index contributed by atoms with van der Waals surface area (Å²) >= 11 is 0. The van der Waals surface area contributed by atoms with E-state index in [9.17, 15) is 15.0 Å². The van der Waals surface area contributed by atoms with E-state index >= 15 is 0 Å². The minimum atomic E-state index is -1.05. The van der Waals surface area contributed by atoms with Gasteiger partial charge in [0, 0.05) is 22.0 Å². The summed E-state index contributed by atoms with van der Waals surface area (Å²) in [6.07, 6.45) is -1.21. The summed E-state index contributed by atoms with van der Waals surface area (Å²) in [5, 5.41) is 19.3. The zero-order valence-corrected chi connectivity index (χ0v) is 17.7. The summed E-state index contributed by atoms with van der Waals surface area (Å²) in [6, 6.07) is 15.5. The number of hydrogen-bond acceptors (Lipinski definition) is 5. The SMILES string of the molecule is CC1OC(=O)OC1(c1ccc(C(C)(C)CO)cc1)c1ccc(C(C)(C)CO)cc1. The van der Waals surface area contributed by atoms with E-state index in [0.29, 0.717) is 0 Å². The molecule has 29 heavy (non-hydrogen) atoms. The summed E-state index contributed by atoms with van der Waals surface area (Å²) in [6.45, 7) is 9.78. The third-order valence-electron chi connectivity index (χ3n) is 6.07. The van der Waals surface area contributed by atoms with Crippen molar-refractivity contribution < 1.29 is 24.5 Å². The van der Waals surface area contributed by atoms with Gasteiger partial charge in [0.15, 0.2) is 6.10 Å². The molecule has 1 fully saturated rings. The summed E-state index contributed by atoms with van der Waals surface area (Å²) in [7, 11) is 0. The van der Waals surface area contributed by atoms with Crippen LogP contribution in [0, 0.1) is 0 Å². The third-order valence-corrected chi connectivity index (χ3v) is 6.07. The molecule has 1 aliphatic rings. The highest BCUT2D eigenvalue weighted by Crippen LogP contribution is 2.44. The van der Waals surface area contributed by atoms with Crippen molar-refractivity contribution in [3.63, 3.8) is 0 Å². The largest absolute Gasteiger partial charge is 0.510 e. The summed E-state index contributed by atoms with van der Waals surface area (Å²) < 4.78 is 11.2. The average Bonchev–Trinajstić information content (AvgIpc) is 3.03. The van der Waals surface area contributed by atoms with Crippen molar-refractivity contribution in [2.75, 3.05) is 13.2 Å². The second-order valence-electron chi connectivity index (χ2n) is 9.09. The van der Waals surface area contributed by atoms with E-state index in [4.69, 9.17) is 9.47 Å². The standard InChI is InChI=1S/C24H30O5/c1-16-24(29-21(27)28-16,19-10-6-17(7-11-19)22(2,3)14-25)20-12-8-18(9-13-20)23(4,5)15-26/h6-13,16,25-26H,14-15H2,1-5H3. The van der Waals surface area contributed by atoms with Crippen molar-refractivity contribution >= 4 is 6.16 Å². The third kappa shape index (κ3) is 3.65. The summed E-state index contributed by atoms with van der Waals surface area (Å²) in [5.41, 5.74) is 1.83. The molecule has 2 aromatic carbocycles. The molecule has 1 saturated heterocycles. The molecule has 0 spiro atoms. The van der Waals surface area contributed by atoms with Gasteiger partial charge in [-0.2, -0.15) is 0 Å². The first kappa shape index (κ1) is 21.3. The average molecular weight is 398 g/mol. The van der Waals surface area contributed by atoms with E-state index in [1.165, 1.54) is 0 Å². The van der Waals surface area contributed by atoms with Gasteiger partial charge in [-0.3, -0.25) is 0 Å². The Labute approximate surface area is 172 Å². The highest BCUT2D eigenvalue weighted by molar-refractivity contribution is 5.66. The van der Waals surface area contributed by atoms with Crippen LogP contribution in [-0.2, 0) is 25.9 Å². The fourth-order valence-electron chi connectivity index (χ4n) is 3.74. The van der Waals surface area contributed by atoms with Crippen LogP contribution in [-0.4, -0.2) is 35.7 Å². The molecule has 0 amide bonds. The molecule has 2 N–H and O–H groups in total. The number of rotatable bonds is 6. The van der Waals surface area contributed by atoms with Crippen LogP contribution in [0.3, 0.4) is 0 Å². The molecule has 0 bridgehead atoms. The molecule has 1 aliphatic heterocycles. The minimum Gasteiger partial charge on any atom is -0.426 e. The molecule has 1 atom stereocenters. The van der Waals surface area contributed by atoms with Gasteiger partial charge in [-0.15, -0.1) is 0 Å². The number of cyclic esters (lactones) is 2. The van der Waals surface area contributed by atoms with Crippen molar-refractivity contribution in [2.24, 2.45) is 0 Å². The molecule has 0 radical (unpaired) electrons. The molecule has 156 valence electrons. The Kier molecular flexibility index (Phi) is 5.50. The fraction of sp³-hybridized carbons (Fsp3) is 0.458. The molecule has 5 heteroatoms. The molecule has 3 rings (SSSR count). The van der Waals surface area contributed by atoms with Gasteiger partial charge in [-0.1, -0.05) is 76.2 Å². The van der Waals surface area contributed by atoms with Gasteiger partial charge in [-0.25, -0.2) is 4.79 Å². The molecule has 5 nitrogen and oxygen atoms in total. The number of carbonyl (C=O) groups excluding carboxylic acids is 1. The van der Waals surface area contributed by atoms with E-state index in [1.54, 1.807) is 0 Å². The van der Waals surface area contributed by atoms with Crippen molar-refractivity contribution in [3.05, 3.63) is 70.8 Å². The van der Waals surface area contributed by atoms with Gasteiger partial charge in [0.2, 0.25) is 5.60 Å². The van der Waals surface area contributed by atoms with Crippen LogP contribution >= 0.6 is 0 Å². The Morgan fingerprint density at radius 1 is 0.828 bits per heavy atom. The number of hydrogen-bond donors (Lipinski definition) is 2. The molecule has 0 saturated carbocycles. The number of benzene rings is 2. The first-order chi connectivity index (χ1) is 13.6. The van der Waals surface area contributed by atoms with Crippen molar-refractivity contribution in [1.29, 1.82) is 0 Å². The Balaban J connectivity index is 2.08. The van der Waals surface area contributed by atoms with Crippen molar-refractivity contribution in [3.8, 4) is 0 Å². The highest BCUT2D eigenvalue weighted by Gasteiger charge is 2.52. The van der Waals surface area contributed by atoms with Gasteiger partial charge in [0.25, 0.3) is 0 Å². The van der Waals surface area contributed by atoms with Crippen LogP contribution in [0.15, 0.2) is 48.5 Å². The zero-order chi connectivity index (χ0) is 21.4. The Hall–Kier alpha value is -2.37. The predicted molar refractivity (Wildman–Crippen MR) is 111 cm³/mol. The smallest absolute Gasteiger partial charge is 0.426 e. The minimum absolute atomic E-state index is 0.0358. The van der Waals surface area contributed by atoms with Gasteiger partial charge in [0.05, 0.1) is 13.2 Å². The maximum absolute atomic E-state index is 12.1. The van der Waals surface area contributed by atoms with Crippen molar-refractivity contribution in [2.45, 2.75) is 57.2 Å². The van der Waals surface area contributed by atoms with Crippen LogP contribution in [0.2, 0.25) is 0 Å². The lowest BCUT2D eigenvalue weighted by atomic mass is 9.78. The second kappa shape index (κ2) is 7.47. The van der Waals surface area contributed by atoms with Crippen LogP contribution in [0.4, 0.5) is 4.79 Å². The number of carbonyl (C=O) groups is 1. The monoisotopic (exact) mass is 398 g/mol. The van der Waals surface area contributed by atoms with Crippen LogP contribution < -0.4 is 0 Å². The lowest BCUT2D eigenvalue weighted by Crippen LogP contribution is -2.37. The zero-order valence-electron chi connectivity index (χ0n) is 17.7. The molecule has 2 aromatic rings. The normalized spacial score (nSPS) is 19.0. The van der Waals surface area contributed by atoms with Crippen LogP contribution in [0.5, 0.6) is 0 Å². The van der Waals surface area contributed by atoms with E-state index in [2.05, 4.69) is 0 Å². The highest BCUT2D eigenvalue weighted by atomic mass is 16.8. The van der Waals surface area contributed by atoms with Gasteiger partial charge in [0.1, 0.15) is 0 Å². The van der Waals surface area contributed by atoms with Gasteiger partial charge < -0.3 is 19.7 Å². The second-order valence-corrected chi connectivity index (χ2v) is 9.09. The molecule has 1 heterocycles. The van der Waals surface area contributed by atoms with E-state index in [1.807, 2.05) is 83.1 Å². The number of aliphatic hydroxyl groups excluding tert-OH is 2. The van der Waals surface area contributed by atoms with Gasteiger partial charge >= 0.3 is 6.16 Å². The predicted octanol–water partition coefficient (Wildman–Crippen LogP) is 4.03. The first-order valence-corrected chi connectivity index (χ1v) is 9.90. The molecule has 0 aliphatic carbocycles.